The lowest BCUT2D eigenvalue weighted by atomic mass is 9.96. The summed E-state index contributed by atoms with van der Waals surface area (Å²) in [6, 6.07) is 0. The Morgan fingerprint density at radius 1 is 1.35 bits per heavy atom. The summed E-state index contributed by atoms with van der Waals surface area (Å²) in [4.78, 5) is 13.0. The molecule has 0 aromatic heterocycles. The molecule has 17 heavy (non-hydrogen) atoms. The lowest BCUT2D eigenvalue weighted by molar-refractivity contribution is -0.253. The number of carbonyl (C=O) groups excluding carboxylic acids is 1. The van der Waals surface area contributed by atoms with Gasteiger partial charge < -0.3 is 10.0 Å². The summed E-state index contributed by atoms with van der Waals surface area (Å²) >= 11 is 0. The number of carbonyl (C=O) groups is 1. The molecule has 1 aliphatic heterocycles. The summed E-state index contributed by atoms with van der Waals surface area (Å²) in [5.41, 5.74) is -2.74. The molecule has 3 nitrogen and oxygen atoms in total. The third-order valence-corrected chi connectivity index (χ3v) is 3.48. The van der Waals surface area contributed by atoms with E-state index in [4.69, 9.17) is 0 Å². The maximum Gasteiger partial charge on any atom is 0.419 e. The molecule has 1 fully saturated rings. The Bertz CT molecular complexity index is 304. The van der Waals surface area contributed by atoms with Gasteiger partial charge in [0.1, 0.15) is 0 Å². The van der Waals surface area contributed by atoms with Gasteiger partial charge in [-0.3, -0.25) is 4.79 Å². The largest absolute Gasteiger partial charge is 0.419 e. The molecule has 1 aliphatic rings. The van der Waals surface area contributed by atoms with Gasteiger partial charge in [0.15, 0.2) is 5.60 Å². The molecule has 0 aromatic carbocycles. The fourth-order valence-corrected chi connectivity index (χ4v) is 1.79. The highest BCUT2D eigenvalue weighted by molar-refractivity contribution is 5.79. The maximum absolute atomic E-state index is 12.6. The number of amides is 1. The second-order valence-electron chi connectivity index (χ2n) is 5.07. The predicted molar refractivity (Wildman–Crippen MR) is 56.2 cm³/mol. The standard InChI is InChI=1S/C11H18F3NO2/c1-7(2)8(3)9(16)15-5-4-10(17,6-15)11(12,13)14/h7-8,17H,4-6H2,1-3H3. The number of nitrogens with zero attached hydrogens (tertiary/aromatic N) is 1. The Kier molecular flexibility index (Phi) is 3.76. The fourth-order valence-electron chi connectivity index (χ4n) is 1.79. The highest BCUT2D eigenvalue weighted by Gasteiger charge is 2.57. The van der Waals surface area contributed by atoms with Gasteiger partial charge in [0.25, 0.3) is 0 Å². The van der Waals surface area contributed by atoms with Gasteiger partial charge in [-0.05, 0) is 5.92 Å². The summed E-state index contributed by atoms with van der Waals surface area (Å²) in [6.07, 6.45) is -5.11. The van der Waals surface area contributed by atoms with Crippen molar-refractivity contribution in [2.45, 2.75) is 39.0 Å². The van der Waals surface area contributed by atoms with Gasteiger partial charge in [-0.2, -0.15) is 13.2 Å². The van der Waals surface area contributed by atoms with Crippen LogP contribution in [0.3, 0.4) is 0 Å². The number of halogens is 3. The zero-order chi connectivity index (χ0) is 13.4. The molecule has 2 unspecified atom stereocenters. The summed E-state index contributed by atoms with van der Waals surface area (Å²) in [6.45, 7) is 4.69. The van der Waals surface area contributed by atoms with Crippen LogP contribution in [0, 0.1) is 11.8 Å². The summed E-state index contributed by atoms with van der Waals surface area (Å²) in [5.74, 6) is -0.576. The smallest absolute Gasteiger partial charge is 0.379 e. The molecule has 1 rings (SSSR count). The van der Waals surface area contributed by atoms with Crippen LogP contribution < -0.4 is 0 Å². The van der Waals surface area contributed by atoms with Crippen LogP contribution in [0.1, 0.15) is 27.2 Å². The quantitative estimate of drug-likeness (QED) is 0.815. The van der Waals surface area contributed by atoms with Crippen molar-refractivity contribution in [3.63, 3.8) is 0 Å². The first-order valence-electron chi connectivity index (χ1n) is 5.66. The molecule has 0 radical (unpaired) electrons. The van der Waals surface area contributed by atoms with Crippen molar-refractivity contribution in [3.05, 3.63) is 0 Å². The molecular formula is C11H18F3NO2. The number of alkyl halides is 3. The second-order valence-corrected chi connectivity index (χ2v) is 5.07. The van der Waals surface area contributed by atoms with Crippen molar-refractivity contribution in [1.82, 2.24) is 4.90 Å². The van der Waals surface area contributed by atoms with Crippen LogP contribution in [0.2, 0.25) is 0 Å². The average Bonchev–Trinajstić information content (AvgIpc) is 2.59. The molecular weight excluding hydrogens is 235 g/mol. The number of likely N-dealkylation sites (tertiary alicyclic amines) is 1. The van der Waals surface area contributed by atoms with E-state index >= 15 is 0 Å². The van der Waals surface area contributed by atoms with E-state index in [0.29, 0.717) is 0 Å². The molecule has 1 saturated heterocycles. The van der Waals surface area contributed by atoms with Gasteiger partial charge in [-0.15, -0.1) is 0 Å². The molecule has 1 amide bonds. The minimum Gasteiger partial charge on any atom is -0.379 e. The minimum atomic E-state index is -4.68. The average molecular weight is 253 g/mol. The normalized spacial score (nSPS) is 27.6. The molecule has 2 atom stereocenters. The monoisotopic (exact) mass is 253 g/mol. The molecule has 0 saturated carbocycles. The SMILES string of the molecule is CC(C)C(C)C(=O)N1CCC(O)(C(F)(F)F)C1. The number of aliphatic hydroxyl groups is 1. The first-order chi connectivity index (χ1) is 7.58. The van der Waals surface area contributed by atoms with Gasteiger partial charge in [-0.25, -0.2) is 0 Å². The van der Waals surface area contributed by atoms with Crippen molar-refractivity contribution in [3.8, 4) is 0 Å². The van der Waals surface area contributed by atoms with E-state index in [0.717, 1.165) is 4.90 Å². The highest BCUT2D eigenvalue weighted by Crippen LogP contribution is 2.38. The van der Waals surface area contributed by atoms with Gasteiger partial charge in [0.2, 0.25) is 5.91 Å². The maximum atomic E-state index is 12.6. The zero-order valence-electron chi connectivity index (χ0n) is 10.2. The van der Waals surface area contributed by atoms with Gasteiger partial charge in [0, 0.05) is 18.9 Å². The molecule has 0 aliphatic carbocycles. The first-order valence-corrected chi connectivity index (χ1v) is 5.66. The molecule has 0 aromatic rings. The molecule has 0 spiro atoms. The van der Waals surface area contributed by atoms with E-state index in [9.17, 15) is 23.1 Å². The van der Waals surface area contributed by atoms with E-state index in [1.807, 2.05) is 13.8 Å². The van der Waals surface area contributed by atoms with Gasteiger partial charge >= 0.3 is 6.18 Å². The lowest BCUT2D eigenvalue weighted by Crippen LogP contribution is -2.48. The number of hydrogen-bond donors (Lipinski definition) is 1. The molecule has 1 heterocycles. The highest BCUT2D eigenvalue weighted by atomic mass is 19.4. The van der Waals surface area contributed by atoms with Crippen molar-refractivity contribution < 1.29 is 23.1 Å². The summed E-state index contributed by atoms with van der Waals surface area (Å²) in [7, 11) is 0. The van der Waals surface area contributed by atoms with Crippen LogP contribution in [0.25, 0.3) is 0 Å². The van der Waals surface area contributed by atoms with Crippen molar-refractivity contribution >= 4 is 5.91 Å². The van der Waals surface area contributed by atoms with Crippen LogP contribution in [-0.4, -0.2) is 40.8 Å². The van der Waals surface area contributed by atoms with Crippen LogP contribution in [0.4, 0.5) is 13.2 Å². The van der Waals surface area contributed by atoms with E-state index in [-0.39, 0.29) is 24.3 Å². The summed E-state index contributed by atoms with van der Waals surface area (Å²) < 4.78 is 37.7. The van der Waals surface area contributed by atoms with Crippen molar-refractivity contribution in [1.29, 1.82) is 0 Å². The van der Waals surface area contributed by atoms with Crippen LogP contribution in [0.5, 0.6) is 0 Å². The van der Waals surface area contributed by atoms with Crippen LogP contribution >= 0.6 is 0 Å². The third kappa shape index (κ3) is 2.73. The van der Waals surface area contributed by atoms with E-state index in [1.54, 1.807) is 6.92 Å². The van der Waals surface area contributed by atoms with Crippen LogP contribution in [-0.2, 0) is 4.79 Å². The number of β-amino-alcohol motifs (C(OH)–C–C–N with tert-alkyl or cyclic N) is 1. The Morgan fingerprint density at radius 3 is 2.24 bits per heavy atom. The minimum absolute atomic E-state index is 0.0358. The fraction of sp³-hybridized carbons (Fsp3) is 0.909. The first kappa shape index (κ1) is 14.3. The topological polar surface area (TPSA) is 40.5 Å². The Balaban J connectivity index is 2.71. The Morgan fingerprint density at radius 2 is 1.88 bits per heavy atom. The van der Waals surface area contributed by atoms with Gasteiger partial charge in [0.05, 0.1) is 6.54 Å². The predicted octanol–water partition coefficient (Wildman–Crippen LogP) is 1.80. The lowest BCUT2D eigenvalue weighted by Gasteiger charge is -2.27. The van der Waals surface area contributed by atoms with Crippen molar-refractivity contribution in [2.75, 3.05) is 13.1 Å². The molecule has 1 N–H and O–H groups in total. The summed E-state index contributed by atoms with van der Waals surface area (Å²) in [5, 5.41) is 9.45. The molecule has 6 heteroatoms. The molecule has 100 valence electrons. The zero-order valence-corrected chi connectivity index (χ0v) is 10.2. The van der Waals surface area contributed by atoms with E-state index in [1.165, 1.54) is 0 Å². The van der Waals surface area contributed by atoms with Crippen LogP contribution in [0.15, 0.2) is 0 Å². The van der Waals surface area contributed by atoms with E-state index < -0.39 is 24.7 Å². The number of hydrogen-bond acceptors (Lipinski definition) is 2. The second kappa shape index (κ2) is 4.48. The van der Waals surface area contributed by atoms with E-state index in [2.05, 4.69) is 0 Å². The van der Waals surface area contributed by atoms with Crippen molar-refractivity contribution in [2.24, 2.45) is 11.8 Å². The van der Waals surface area contributed by atoms with Gasteiger partial charge in [-0.1, -0.05) is 20.8 Å². The Labute approximate surface area is 98.6 Å². The Hall–Kier alpha value is -0.780. The number of rotatable bonds is 2. The third-order valence-electron chi connectivity index (χ3n) is 3.48. The molecule has 0 bridgehead atoms.